The van der Waals surface area contributed by atoms with E-state index >= 15 is 0 Å². The van der Waals surface area contributed by atoms with Gasteiger partial charge in [0.15, 0.2) is 0 Å². The normalized spacial score (nSPS) is 9.93. The van der Waals surface area contributed by atoms with Crippen molar-refractivity contribution in [3.8, 4) is 11.6 Å². The summed E-state index contributed by atoms with van der Waals surface area (Å²) >= 11 is 0. The van der Waals surface area contributed by atoms with Gasteiger partial charge >= 0.3 is 0 Å². The largest absolute Gasteiger partial charge is 0.439 e. The molecule has 75 valence electrons. The van der Waals surface area contributed by atoms with E-state index in [-0.39, 0.29) is 0 Å². The van der Waals surface area contributed by atoms with Crippen LogP contribution in [0.5, 0.6) is 11.6 Å². The van der Waals surface area contributed by atoms with Gasteiger partial charge in [-0.1, -0.05) is 24.3 Å². The number of hydrogen-bond acceptors (Lipinski definition) is 2. The molecule has 0 atom stereocenters. The summed E-state index contributed by atoms with van der Waals surface area (Å²) in [7, 11) is 0. The van der Waals surface area contributed by atoms with Gasteiger partial charge in [-0.2, -0.15) is 0 Å². The zero-order valence-electron chi connectivity index (χ0n) is 8.39. The molecule has 0 aliphatic carbocycles. The molecule has 0 saturated carbocycles. The number of hydrogen-bond donors (Lipinski definition) is 0. The molecule has 1 heterocycles. The number of aromatic nitrogens is 1. The Kier molecular flexibility index (Phi) is 2.98. The summed E-state index contributed by atoms with van der Waals surface area (Å²) in [6.45, 7) is 3.86. The Morgan fingerprint density at radius 2 is 1.87 bits per heavy atom. The zero-order chi connectivity index (χ0) is 10.5. The molecule has 0 amide bonds. The third-order valence-corrected chi connectivity index (χ3v) is 2.09. The highest BCUT2D eigenvalue weighted by Crippen LogP contribution is 2.23. The van der Waals surface area contributed by atoms with Crippen molar-refractivity contribution < 1.29 is 4.74 Å². The van der Waals surface area contributed by atoms with Gasteiger partial charge in [0, 0.05) is 12.3 Å². The molecule has 0 spiro atoms. The third-order valence-electron chi connectivity index (χ3n) is 2.09. The topological polar surface area (TPSA) is 22.1 Å². The fourth-order valence-corrected chi connectivity index (χ4v) is 1.33. The molecule has 0 fully saturated rings. The summed E-state index contributed by atoms with van der Waals surface area (Å²) in [4.78, 5) is 4.11. The molecule has 0 saturated heterocycles. The lowest BCUT2D eigenvalue weighted by Gasteiger charge is -2.08. The number of rotatable bonds is 3. The van der Waals surface area contributed by atoms with Gasteiger partial charge in [-0.15, -0.1) is 0 Å². The minimum absolute atomic E-state index is 0.610. The van der Waals surface area contributed by atoms with Crippen LogP contribution in [0.2, 0.25) is 0 Å². The predicted octanol–water partition coefficient (Wildman–Crippen LogP) is 3.25. The number of para-hydroxylation sites is 1. The molecule has 2 nitrogen and oxygen atoms in total. The van der Waals surface area contributed by atoms with Crippen LogP contribution in [-0.4, -0.2) is 4.98 Å². The quantitative estimate of drug-likeness (QED) is 0.755. The maximum absolute atomic E-state index is 5.65. The highest BCUT2D eigenvalue weighted by atomic mass is 16.5. The van der Waals surface area contributed by atoms with Crippen molar-refractivity contribution in [3.63, 3.8) is 0 Å². The second-order valence-electron chi connectivity index (χ2n) is 3.13. The summed E-state index contributed by atoms with van der Waals surface area (Å²) in [6.07, 6.45) is 2.42. The molecular weight excluding hydrogens is 186 g/mol. The van der Waals surface area contributed by atoms with Crippen molar-refractivity contribution in [1.82, 2.24) is 4.98 Å². The summed E-state index contributed by atoms with van der Waals surface area (Å²) in [6, 6.07) is 13.4. The van der Waals surface area contributed by atoms with Gasteiger partial charge in [0.1, 0.15) is 5.75 Å². The van der Waals surface area contributed by atoms with Gasteiger partial charge in [0.05, 0.1) is 0 Å². The second-order valence-corrected chi connectivity index (χ2v) is 3.13. The third kappa shape index (κ3) is 2.34. The standard InChI is InChI=1S/C13H12NO/c1-2-11-7-3-4-8-12(11)15-13-9-5-6-10-14-13/h3-10H,1-2H2. The van der Waals surface area contributed by atoms with Gasteiger partial charge in [0.25, 0.3) is 0 Å². The fourth-order valence-electron chi connectivity index (χ4n) is 1.33. The lowest BCUT2D eigenvalue weighted by atomic mass is 10.1. The van der Waals surface area contributed by atoms with Crippen LogP contribution in [0, 0.1) is 6.92 Å². The number of pyridine rings is 1. The number of nitrogens with zero attached hydrogens (tertiary/aromatic N) is 1. The Morgan fingerprint density at radius 1 is 1.07 bits per heavy atom. The van der Waals surface area contributed by atoms with E-state index in [1.807, 2.05) is 42.5 Å². The highest BCUT2D eigenvalue weighted by molar-refractivity contribution is 5.36. The molecule has 0 aliphatic rings. The van der Waals surface area contributed by atoms with E-state index in [1.54, 1.807) is 6.20 Å². The lowest BCUT2D eigenvalue weighted by Crippen LogP contribution is -1.91. The average molecular weight is 198 g/mol. The average Bonchev–Trinajstić information content (AvgIpc) is 2.31. The predicted molar refractivity (Wildman–Crippen MR) is 59.8 cm³/mol. The molecule has 2 heteroatoms. The Balaban J connectivity index is 2.24. The molecule has 0 unspecified atom stereocenters. The van der Waals surface area contributed by atoms with E-state index in [4.69, 9.17) is 4.74 Å². The minimum atomic E-state index is 0.610. The van der Waals surface area contributed by atoms with Gasteiger partial charge in [-0.3, -0.25) is 0 Å². The van der Waals surface area contributed by atoms with Crippen molar-refractivity contribution in [1.29, 1.82) is 0 Å². The van der Waals surface area contributed by atoms with Gasteiger partial charge < -0.3 is 4.74 Å². The minimum Gasteiger partial charge on any atom is -0.439 e. The maximum Gasteiger partial charge on any atom is 0.219 e. The van der Waals surface area contributed by atoms with Crippen LogP contribution in [0.3, 0.4) is 0 Å². The molecule has 1 aromatic heterocycles. The summed E-state index contributed by atoms with van der Waals surface area (Å²) in [5, 5.41) is 0. The van der Waals surface area contributed by atoms with Crippen LogP contribution >= 0.6 is 0 Å². The highest BCUT2D eigenvalue weighted by Gasteiger charge is 2.01. The van der Waals surface area contributed by atoms with Crippen LogP contribution in [-0.2, 0) is 6.42 Å². The van der Waals surface area contributed by atoms with E-state index in [2.05, 4.69) is 11.9 Å². The molecule has 2 rings (SSSR count). The first-order chi connectivity index (χ1) is 7.40. The molecule has 2 aromatic rings. The number of benzene rings is 1. The molecule has 0 aliphatic heterocycles. The summed E-state index contributed by atoms with van der Waals surface area (Å²) < 4.78 is 5.65. The van der Waals surface area contributed by atoms with Crippen LogP contribution in [0.15, 0.2) is 48.7 Å². The zero-order valence-corrected chi connectivity index (χ0v) is 8.39. The molecular formula is C13H12NO. The van der Waals surface area contributed by atoms with Crippen LogP contribution < -0.4 is 4.74 Å². The van der Waals surface area contributed by atoms with E-state index < -0.39 is 0 Å². The Labute approximate surface area is 89.6 Å². The van der Waals surface area contributed by atoms with E-state index in [9.17, 15) is 0 Å². The lowest BCUT2D eigenvalue weighted by molar-refractivity contribution is 0.458. The van der Waals surface area contributed by atoms with Crippen molar-refractivity contribution >= 4 is 0 Å². The van der Waals surface area contributed by atoms with Gasteiger partial charge in [-0.05, 0) is 31.0 Å². The Hall–Kier alpha value is -1.83. The van der Waals surface area contributed by atoms with Crippen LogP contribution in [0.4, 0.5) is 0 Å². The molecule has 0 bridgehead atoms. The molecule has 1 aromatic carbocycles. The summed E-state index contributed by atoms with van der Waals surface area (Å²) in [5.74, 6) is 1.43. The van der Waals surface area contributed by atoms with Crippen molar-refractivity contribution in [2.24, 2.45) is 0 Å². The smallest absolute Gasteiger partial charge is 0.219 e. The van der Waals surface area contributed by atoms with Gasteiger partial charge in [-0.25, -0.2) is 4.98 Å². The van der Waals surface area contributed by atoms with E-state index in [0.29, 0.717) is 12.3 Å². The van der Waals surface area contributed by atoms with Crippen LogP contribution in [0.25, 0.3) is 0 Å². The summed E-state index contributed by atoms with van der Waals surface area (Å²) in [5.41, 5.74) is 1.09. The second kappa shape index (κ2) is 4.60. The van der Waals surface area contributed by atoms with Crippen molar-refractivity contribution in [3.05, 3.63) is 61.1 Å². The first-order valence-corrected chi connectivity index (χ1v) is 4.86. The fraction of sp³-hybridized carbons (Fsp3) is 0.0769. The Bertz CT molecular complexity index is 426. The maximum atomic E-state index is 5.65. The first kappa shape index (κ1) is 9.71. The SMILES string of the molecule is [CH2]Cc1ccccc1Oc1ccccn1. The van der Waals surface area contributed by atoms with Crippen molar-refractivity contribution in [2.75, 3.05) is 0 Å². The first-order valence-electron chi connectivity index (χ1n) is 4.86. The van der Waals surface area contributed by atoms with E-state index in [1.165, 1.54) is 0 Å². The number of ether oxygens (including phenoxy) is 1. The van der Waals surface area contributed by atoms with Crippen molar-refractivity contribution in [2.45, 2.75) is 6.42 Å². The van der Waals surface area contributed by atoms with Gasteiger partial charge in [0.2, 0.25) is 5.88 Å². The molecule has 15 heavy (non-hydrogen) atoms. The monoisotopic (exact) mass is 198 g/mol. The Morgan fingerprint density at radius 3 is 2.60 bits per heavy atom. The molecule has 1 radical (unpaired) electrons. The van der Waals surface area contributed by atoms with Crippen LogP contribution in [0.1, 0.15) is 5.56 Å². The van der Waals surface area contributed by atoms with E-state index in [0.717, 1.165) is 11.3 Å². The molecule has 0 N–H and O–H groups in total.